The van der Waals surface area contributed by atoms with Crippen molar-refractivity contribution in [2.24, 2.45) is 16.8 Å². The number of guanidine groups is 1. The van der Waals surface area contributed by atoms with Gasteiger partial charge in [-0.3, -0.25) is 4.90 Å². The highest BCUT2D eigenvalue weighted by molar-refractivity contribution is 14.0. The van der Waals surface area contributed by atoms with Crippen molar-refractivity contribution in [3.05, 3.63) is 47.5 Å². The lowest BCUT2D eigenvalue weighted by Gasteiger charge is -2.35. The third kappa shape index (κ3) is 8.03. The third-order valence-electron chi connectivity index (χ3n) is 5.87. The molecule has 1 aliphatic heterocycles. The van der Waals surface area contributed by atoms with Gasteiger partial charge in [0, 0.05) is 45.7 Å². The van der Waals surface area contributed by atoms with E-state index in [1.165, 1.54) is 30.6 Å². The number of aryl methyl sites for hydroxylation is 1. The highest BCUT2D eigenvalue weighted by Gasteiger charge is 2.22. The van der Waals surface area contributed by atoms with Gasteiger partial charge in [-0.15, -0.1) is 34.2 Å². The topological polar surface area (TPSA) is 70.4 Å². The molecule has 0 bridgehead atoms. The van der Waals surface area contributed by atoms with E-state index in [1.54, 1.807) is 6.33 Å². The Hall–Kier alpha value is -1.68. The molecular weight excluding hydrogens is 513 g/mol. The van der Waals surface area contributed by atoms with Gasteiger partial charge < -0.3 is 15.2 Å². The lowest BCUT2D eigenvalue weighted by molar-refractivity contribution is 0.134. The quantitative estimate of drug-likeness (QED) is 0.282. The first-order valence-corrected chi connectivity index (χ1v) is 11.8. The second-order valence-corrected chi connectivity index (χ2v) is 8.82. The van der Waals surface area contributed by atoms with Gasteiger partial charge in [-0.1, -0.05) is 45.0 Å². The molecule has 0 aliphatic carbocycles. The zero-order chi connectivity index (χ0) is 22.1. The van der Waals surface area contributed by atoms with Gasteiger partial charge in [0.15, 0.2) is 5.96 Å². The molecule has 2 unspecified atom stereocenters. The minimum Gasteiger partial charge on any atom is -0.357 e. The molecule has 0 spiro atoms. The molecule has 1 aliphatic rings. The second-order valence-electron chi connectivity index (χ2n) is 8.82. The van der Waals surface area contributed by atoms with Crippen LogP contribution in [-0.4, -0.2) is 51.8 Å². The molecule has 0 saturated carbocycles. The van der Waals surface area contributed by atoms with Crippen LogP contribution in [-0.2, 0) is 26.1 Å². The van der Waals surface area contributed by atoms with E-state index in [2.05, 4.69) is 82.3 Å². The van der Waals surface area contributed by atoms with Gasteiger partial charge in [0.25, 0.3) is 0 Å². The summed E-state index contributed by atoms with van der Waals surface area (Å²) in [7, 11) is 0. The van der Waals surface area contributed by atoms with E-state index >= 15 is 0 Å². The SMILES string of the molecule is CCNC(=NCc1ccccc1CN1CC(C)CC(C)C1)NCCn1cnnc1CC.I. The third-order valence-corrected chi connectivity index (χ3v) is 5.87. The van der Waals surface area contributed by atoms with Crippen LogP contribution >= 0.6 is 24.0 Å². The van der Waals surface area contributed by atoms with Gasteiger partial charge >= 0.3 is 0 Å². The van der Waals surface area contributed by atoms with E-state index in [1.807, 2.05) is 0 Å². The minimum atomic E-state index is 0. The molecule has 2 aromatic rings. The van der Waals surface area contributed by atoms with E-state index in [-0.39, 0.29) is 24.0 Å². The number of aliphatic imine (C=N–C) groups is 1. The molecule has 32 heavy (non-hydrogen) atoms. The largest absolute Gasteiger partial charge is 0.357 e. The summed E-state index contributed by atoms with van der Waals surface area (Å²) in [6.07, 6.45) is 4.03. The molecule has 1 fully saturated rings. The second kappa shape index (κ2) is 13.8. The van der Waals surface area contributed by atoms with Crippen LogP contribution in [0.15, 0.2) is 35.6 Å². The average Bonchev–Trinajstić information content (AvgIpc) is 3.20. The molecule has 1 saturated heterocycles. The highest BCUT2D eigenvalue weighted by Crippen LogP contribution is 2.23. The van der Waals surface area contributed by atoms with Crippen LogP contribution in [0.5, 0.6) is 0 Å². The molecule has 0 amide bonds. The molecular formula is C24H40IN7. The van der Waals surface area contributed by atoms with Gasteiger partial charge in [0.2, 0.25) is 0 Å². The van der Waals surface area contributed by atoms with Crippen molar-refractivity contribution in [3.63, 3.8) is 0 Å². The fraction of sp³-hybridized carbons (Fsp3) is 0.625. The van der Waals surface area contributed by atoms with Crippen molar-refractivity contribution < 1.29 is 0 Å². The maximum absolute atomic E-state index is 4.86. The standard InChI is InChI=1S/C24H39N7.HI/c1-5-23-29-28-18-31(23)12-11-26-24(25-6-2)27-14-21-9-7-8-10-22(21)17-30-15-19(3)13-20(4)16-30;/h7-10,18-20H,5-6,11-17H2,1-4H3,(H2,25,26,27);1H. The van der Waals surface area contributed by atoms with Crippen LogP contribution < -0.4 is 10.6 Å². The number of rotatable bonds is 9. The normalized spacial score (nSPS) is 19.4. The number of piperidine rings is 1. The number of nitrogens with zero attached hydrogens (tertiary/aromatic N) is 5. The number of likely N-dealkylation sites (tertiary alicyclic amines) is 1. The Balaban J connectivity index is 0.00000363. The van der Waals surface area contributed by atoms with Crippen molar-refractivity contribution in [1.29, 1.82) is 0 Å². The Morgan fingerprint density at radius 3 is 2.50 bits per heavy atom. The van der Waals surface area contributed by atoms with Crippen molar-refractivity contribution in [1.82, 2.24) is 30.3 Å². The first-order chi connectivity index (χ1) is 15.1. The lowest BCUT2D eigenvalue weighted by Crippen LogP contribution is -2.39. The number of nitrogens with one attached hydrogen (secondary N) is 2. The predicted octanol–water partition coefficient (Wildman–Crippen LogP) is 3.69. The molecule has 1 aromatic heterocycles. The average molecular weight is 554 g/mol. The highest BCUT2D eigenvalue weighted by atomic mass is 127. The van der Waals surface area contributed by atoms with Crippen LogP contribution in [0.25, 0.3) is 0 Å². The first-order valence-electron chi connectivity index (χ1n) is 11.8. The summed E-state index contributed by atoms with van der Waals surface area (Å²) in [5, 5.41) is 15.0. The Morgan fingerprint density at radius 1 is 1.09 bits per heavy atom. The monoisotopic (exact) mass is 553 g/mol. The van der Waals surface area contributed by atoms with Gasteiger partial charge in [-0.2, -0.15) is 0 Å². The fourth-order valence-electron chi connectivity index (χ4n) is 4.57. The summed E-state index contributed by atoms with van der Waals surface area (Å²) in [6.45, 7) is 15.4. The number of halogens is 1. The van der Waals surface area contributed by atoms with Crippen molar-refractivity contribution in [2.45, 2.75) is 60.2 Å². The summed E-state index contributed by atoms with van der Waals surface area (Å²) < 4.78 is 2.09. The number of hydrogen-bond acceptors (Lipinski definition) is 4. The molecule has 7 nitrogen and oxygen atoms in total. The van der Waals surface area contributed by atoms with Crippen molar-refractivity contribution in [2.75, 3.05) is 26.2 Å². The summed E-state index contributed by atoms with van der Waals surface area (Å²) in [5.74, 6) is 3.41. The smallest absolute Gasteiger partial charge is 0.191 e. The molecule has 0 radical (unpaired) electrons. The Bertz CT molecular complexity index is 825. The minimum absolute atomic E-state index is 0. The molecule has 1 aromatic carbocycles. The lowest BCUT2D eigenvalue weighted by atomic mass is 9.91. The van der Waals surface area contributed by atoms with Crippen LogP contribution in [0.3, 0.4) is 0 Å². The molecule has 2 atom stereocenters. The zero-order valence-electron chi connectivity index (χ0n) is 20.0. The van der Waals surface area contributed by atoms with Crippen LogP contribution in [0.2, 0.25) is 0 Å². The van der Waals surface area contributed by atoms with Crippen LogP contribution in [0.4, 0.5) is 0 Å². The maximum Gasteiger partial charge on any atom is 0.191 e. The Kier molecular flexibility index (Phi) is 11.4. The number of benzene rings is 1. The van der Waals surface area contributed by atoms with E-state index < -0.39 is 0 Å². The fourth-order valence-corrected chi connectivity index (χ4v) is 4.57. The Morgan fingerprint density at radius 2 is 1.81 bits per heavy atom. The van der Waals surface area contributed by atoms with Gasteiger partial charge in [0.05, 0.1) is 6.54 Å². The van der Waals surface area contributed by atoms with Gasteiger partial charge in [-0.05, 0) is 36.3 Å². The van der Waals surface area contributed by atoms with E-state index in [4.69, 9.17) is 4.99 Å². The molecule has 3 rings (SSSR count). The number of hydrogen-bond donors (Lipinski definition) is 2. The number of aromatic nitrogens is 3. The predicted molar refractivity (Wildman–Crippen MR) is 142 cm³/mol. The summed E-state index contributed by atoms with van der Waals surface area (Å²) in [4.78, 5) is 7.47. The van der Waals surface area contributed by atoms with Gasteiger partial charge in [0.1, 0.15) is 12.2 Å². The van der Waals surface area contributed by atoms with E-state index in [9.17, 15) is 0 Å². The Labute approximate surface area is 210 Å². The van der Waals surface area contributed by atoms with Crippen LogP contribution in [0.1, 0.15) is 51.1 Å². The summed E-state index contributed by atoms with van der Waals surface area (Å²) >= 11 is 0. The van der Waals surface area contributed by atoms with Crippen molar-refractivity contribution >= 4 is 29.9 Å². The summed E-state index contributed by atoms with van der Waals surface area (Å²) in [5.41, 5.74) is 2.69. The van der Waals surface area contributed by atoms with Crippen LogP contribution in [0, 0.1) is 11.8 Å². The molecule has 178 valence electrons. The molecule has 8 heteroatoms. The van der Waals surface area contributed by atoms with E-state index in [0.29, 0.717) is 6.54 Å². The zero-order valence-corrected chi connectivity index (χ0v) is 22.4. The first kappa shape index (κ1) is 26.6. The molecule has 2 heterocycles. The molecule has 2 N–H and O–H groups in total. The maximum atomic E-state index is 4.86. The van der Waals surface area contributed by atoms with Crippen molar-refractivity contribution in [3.8, 4) is 0 Å². The van der Waals surface area contributed by atoms with Gasteiger partial charge in [-0.25, -0.2) is 4.99 Å². The van der Waals surface area contributed by atoms with E-state index in [0.717, 1.165) is 56.2 Å². The summed E-state index contributed by atoms with van der Waals surface area (Å²) in [6, 6.07) is 8.74.